The van der Waals surface area contributed by atoms with E-state index in [1.54, 1.807) is 0 Å². The molecule has 0 heterocycles. The van der Waals surface area contributed by atoms with Gasteiger partial charge in [0.25, 0.3) is 0 Å². The van der Waals surface area contributed by atoms with Crippen LogP contribution in [0.5, 0.6) is 0 Å². The van der Waals surface area contributed by atoms with Gasteiger partial charge in [-0.3, -0.25) is 0 Å². The number of hydrogen-bond acceptors (Lipinski definition) is 1. The molecule has 1 heteroatoms. The van der Waals surface area contributed by atoms with Gasteiger partial charge in [0.1, 0.15) is 0 Å². The standard InChI is InChI=1S/C11H23N/c1-5-11(3,4)8-12-10-6-9(2)7-10/h9-10,12H,5-8H2,1-4H3. The van der Waals surface area contributed by atoms with E-state index in [-0.39, 0.29) is 0 Å². The van der Waals surface area contributed by atoms with Crippen molar-refractivity contribution in [2.24, 2.45) is 11.3 Å². The Morgan fingerprint density at radius 1 is 1.33 bits per heavy atom. The van der Waals surface area contributed by atoms with Crippen molar-refractivity contribution in [1.29, 1.82) is 0 Å². The van der Waals surface area contributed by atoms with Crippen LogP contribution in [0.2, 0.25) is 0 Å². The Morgan fingerprint density at radius 2 is 1.92 bits per heavy atom. The van der Waals surface area contributed by atoms with Crippen LogP contribution < -0.4 is 5.32 Å². The minimum absolute atomic E-state index is 0.485. The molecule has 1 aliphatic rings. The molecular weight excluding hydrogens is 146 g/mol. The molecule has 1 fully saturated rings. The first-order valence-corrected chi connectivity index (χ1v) is 5.27. The first-order valence-electron chi connectivity index (χ1n) is 5.27. The second-order valence-corrected chi connectivity index (χ2v) is 5.17. The highest BCUT2D eigenvalue weighted by Crippen LogP contribution is 2.27. The SMILES string of the molecule is CCC(C)(C)CNC1CC(C)C1. The third-order valence-electron chi connectivity index (χ3n) is 3.20. The van der Waals surface area contributed by atoms with Crippen molar-refractivity contribution in [3.63, 3.8) is 0 Å². The molecule has 0 atom stereocenters. The number of nitrogens with one attached hydrogen (secondary N) is 1. The van der Waals surface area contributed by atoms with Crippen molar-refractivity contribution in [3.8, 4) is 0 Å². The molecular formula is C11H23N. The normalized spacial score (nSPS) is 30.0. The summed E-state index contributed by atoms with van der Waals surface area (Å²) < 4.78 is 0. The van der Waals surface area contributed by atoms with Crippen molar-refractivity contribution in [1.82, 2.24) is 5.32 Å². The van der Waals surface area contributed by atoms with Crippen LogP contribution in [0.25, 0.3) is 0 Å². The number of rotatable bonds is 4. The van der Waals surface area contributed by atoms with Gasteiger partial charge in [0, 0.05) is 12.6 Å². The summed E-state index contributed by atoms with van der Waals surface area (Å²) in [4.78, 5) is 0. The van der Waals surface area contributed by atoms with Gasteiger partial charge in [-0.25, -0.2) is 0 Å². The molecule has 0 amide bonds. The van der Waals surface area contributed by atoms with Crippen LogP contribution >= 0.6 is 0 Å². The zero-order chi connectivity index (χ0) is 9.19. The molecule has 0 bridgehead atoms. The van der Waals surface area contributed by atoms with Gasteiger partial charge < -0.3 is 5.32 Å². The quantitative estimate of drug-likeness (QED) is 0.682. The zero-order valence-electron chi connectivity index (χ0n) is 8.98. The lowest BCUT2D eigenvalue weighted by molar-refractivity contribution is 0.209. The summed E-state index contributed by atoms with van der Waals surface area (Å²) in [6, 6.07) is 0.825. The van der Waals surface area contributed by atoms with Gasteiger partial charge in [-0.05, 0) is 30.6 Å². The van der Waals surface area contributed by atoms with E-state index in [2.05, 4.69) is 33.0 Å². The first kappa shape index (κ1) is 10.0. The molecule has 0 unspecified atom stereocenters. The lowest BCUT2D eigenvalue weighted by Gasteiger charge is -2.36. The molecule has 0 aromatic rings. The number of hydrogen-bond donors (Lipinski definition) is 1. The molecule has 1 rings (SSSR count). The lowest BCUT2D eigenvalue weighted by atomic mass is 9.81. The Balaban J connectivity index is 2.10. The van der Waals surface area contributed by atoms with Crippen LogP contribution in [-0.2, 0) is 0 Å². The molecule has 0 aromatic heterocycles. The second kappa shape index (κ2) is 3.78. The van der Waals surface area contributed by atoms with Crippen LogP contribution in [-0.4, -0.2) is 12.6 Å². The molecule has 1 nitrogen and oxygen atoms in total. The largest absolute Gasteiger partial charge is 0.313 e. The maximum absolute atomic E-state index is 3.64. The van der Waals surface area contributed by atoms with Gasteiger partial charge in [-0.15, -0.1) is 0 Å². The summed E-state index contributed by atoms with van der Waals surface area (Å²) in [6.45, 7) is 10.5. The van der Waals surface area contributed by atoms with E-state index in [0.717, 1.165) is 12.0 Å². The summed E-state index contributed by atoms with van der Waals surface area (Å²) in [5.41, 5.74) is 0.485. The molecule has 0 saturated heterocycles. The molecule has 0 aromatic carbocycles. The Bertz CT molecular complexity index is 134. The fourth-order valence-electron chi connectivity index (χ4n) is 1.61. The van der Waals surface area contributed by atoms with Crippen molar-refractivity contribution in [3.05, 3.63) is 0 Å². The third-order valence-corrected chi connectivity index (χ3v) is 3.20. The summed E-state index contributed by atoms with van der Waals surface area (Å²) in [5.74, 6) is 0.965. The van der Waals surface area contributed by atoms with Gasteiger partial charge in [-0.1, -0.05) is 27.7 Å². The average molecular weight is 169 g/mol. The maximum atomic E-state index is 3.64. The van der Waals surface area contributed by atoms with Gasteiger partial charge in [0.05, 0.1) is 0 Å². The second-order valence-electron chi connectivity index (χ2n) is 5.17. The highest BCUT2D eigenvalue weighted by molar-refractivity contribution is 4.84. The smallest absolute Gasteiger partial charge is 0.00723 e. The topological polar surface area (TPSA) is 12.0 Å². The van der Waals surface area contributed by atoms with E-state index in [1.807, 2.05) is 0 Å². The molecule has 0 aliphatic heterocycles. The van der Waals surface area contributed by atoms with Crippen LogP contribution in [0.1, 0.15) is 47.0 Å². The monoisotopic (exact) mass is 169 g/mol. The molecule has 72 valence electrons. The minimum Gasteiger partial charge on any atom is -0.313 e. The zero-order valence-corrected chi connectivity index (χ0v) is 8.98. The summed E-state index contributed by atoms with van der Waals surface area (Å²) in [5, 5.41) is 3.64. The molecule has 1 saturated carbocycles. The Labute approximate surface area is 76.9 Å². The Hall–Kier alpha value is -0.0400. The molecule has 1 aliphatic carbocycles. The molecule has 0 radical (unpaired) electrons. The highest BCUT2D eigenvalue weighted by Gasteiger charge is 2.26. The molecule has 12 heavy (non-hydrogen) atoms. The van der Waals surface area contributed by atoms with Crippen molar-refractivity contribution >= 4 is 0 Å². The van der Waals surface area contributed by atoms with Crippen LogP contribution in [0, 0.1) is 11.3 Å². The Kier molecular flexibility index (Phi) is 3.16. The minimum atomic E-state index is 0.485. The summed E-state index contributed by atoms with van der Waals surface area (Å²) in [6.07, 6.45) is 4.04. The van der Waals surface area contributed by atoms with E-state index in [1.165, 1.54) is 25.8 Å². The van der Waals surface area contributed by atoms with Gasteiger partial charge in [-0.2, -0.15) is 0 Å². The fourth-order valence-corrected chi connectivity index (χ4v) is 1.61. The summed E-state index contributed by atoms with van der Waals surface area (Å²) in [7, 11) is 0. The Morgan fingerprint density at radius 3 is 2.33 bits per heavy atom. The lowest BCUT2D eigenvalue weighted by Crippen LogP contribution is -2.44. The van der Waals surface area contributed by atoms with Crippen LogP contribution in [0.15, 0.2) is 0 Å². The van der Waals surface area contributed by atoms with Gasteiger partial charge >= 0.3 is 0 Å². The van der Waals surface area contributed by atoms with Gasteiger partial charge in [0.15, 0.2) is 0 Å². The maximum Gasteiger partial charge on any atom is 0.00723 e. The third kappa shape index (κ3) is 2.78. The van der Waals surface area contributed by atoms with E-state index in [9.17, 15) is 0 Å². The van der Waals surface area contributed by atoms with E-state index < -0.39 is 0 Å². The predicted octanol–water partition coefficient (Wildman–Crippen LogP) is 2.81. The summed E-state index contributed by atoms with van der Waals surface area (Å²) >= 11 is 0. The predicted molar refractivity (Wildman–Crippen MR) is 54.3 cm³/mol. The van der Waals surface area contributed by atoms with Gasteiger partial charge in [0.2, 0.25) is 0 Å². The molecule has 0 spiro atoms. The van der Waals surface area contributed by atoms with E-state index in [4.69, 9.17) is 0 Å². The van der Waals surface area contributed by atoms with Crippen molar-refractivity contribution < 1.29 is 0 Å². The highest BCUT2D eigenvalue weighted by atomic mass is 14.9. The van der Waals surface area contributed by atoms with Crippen LogP contribution in [0.3, 0.4) is 0 Å². The van der Waals surface area contributed by atoms with Crippen LogP contribution in [0.4, 0.5) is 0 Å². The first-order chi connectivity index (χ1) is 5.53. The van der Waals surface area contributed by atoms with E-state index in [0.29, 0.717) is 5.41 Å². The fraction of sp³-hybridized carbons (Fsp3) is 1.00. The average Bonchev–Trinajstić information content (AvgIpc) is 1.96. The molecule has 1 N–H and O–H groups in total. The van der Waals surface area contributed by atoms with E-state index >= 15 is 0 Å². The van der Waals surface area contributed by atoms with Crippen molar-refractivity contribution in [2.75, 3.05) is 6.54 Å². The van der Waals surface area contributed by atoms with Crippen molar-refractivity contribution in [2.45, 2.75) is 53.0 Å².